The molecule has 5 aliphatic rings. The van der Waals surface area contributed by atoms with Crippen LogP contribution in [0.4, 0.5) is 0 Å². The highest BCUT2D eigenvalue weighted by Gasteiger charge is 2.72. The molecule has 4 aliphatic carbocycles. The van der Waals surface area contributed by atoms with Gasteiger partial charge in [0.1, 0.15) is 6.33 Å². The monoisotopic (exact) mass is 731 g/mol. The van der Waals surface area contributed by atoms with Gasteiger partial charge >= 0.3 is 5.97 Å². The molecule has 3 saturated carbocycles. The molecule has 2 aromatic rings. The second kappa shape index (κ2) is 12.9. The molecular formula is C43H65N5O5. The SMILES string of the molecule is CC(C)[C@@H](C)[C@@]1(C)CC[C@]2(C)[C@H]3CC[C@@H]4[C@@]5(COC[C@@]4(C)[C@@H](OC[C@](C)(N)C(C)C)[C@H](n4ncnc4-c4ccnc(O)c4)C5)C3=CC[C@@]2(C)[C@@H]1C(=O)O. The van der Waals surface area contributed by atoms with Gasteiger partial charge in [0.15, 0.2) is 5.82 Å². The summed E-state index contributed by atoms with van der Waals surface area (Å²) in [4.78, 5) is 22.3. The highest BCUT2D eigenvalue weighted by molar-refractivity contribution is 5.73. The molecule has 0 amide bonds. The van der Waals surface area contributed by atoms with E-state index < -0.39 is 22.8 Å². The van der Waals surface area contributed by atoms with Gasteiger partial charge in [0, 0.05) is 34.2 Å². The van der Waals surface area contributed by atoms with Crippen LogP contribution in [0.2, 0.25) is 0 Å². The minimum atomic E-state index is -0.641. The van der Waals surface area contributed by atoms with Gasteiger partial charge in [-0.3, -0.25) is 4.79 Å². The molecule has 292 valence electrons. The lowest BCUT2D eigenvalue weighted by Crippen LogP contribution is -2.69. The number of nitrogens with zero attached hydrogens (tertiary/aromatic N) is 4. The van der Waals surface area contributed by atoms with Gasteiger partial charge in [-0.2, -0.15) is 5.10 Å². The molecule has 1 saturated heterocycles. The minimum absolute atomic E-state index is 0.0648. The molecule has 0 radical (unpaired) electrons. The Labute approximate surface area is 316 Å². The maximum absolute atomic E-state index is 13.6. The van der Waals surface area contributed by atoms with Crippen LogP contribution in [-0.4, -0.2) is 67.4 Å². The van der Waals surface area contributed by atoms with Gasteiger partial charge in [-0.1, -0.05) is 74.0 Å². The number of carboxylic acid groups (broad SMARTS) is 1. The number of aromatic nitrogens is 4. The molecule has 4 fully saturated rings. The Morgan fingerprint density at radius 2 is 1.83 bits per heavy atom. The first-order chi connectivity index (χ1) is 24.8. The average Bonchev–Trinajstić information content (AvgIpc) is 3.57. The maximum Gasteiger partial charge on any atom is 0.307 e. The fourth-order valence-corrected chi connectivity index (χ4v) is 12.8. The molecule has 2 aromatic heterocycles. The predicted molar refractivity (Wildman–Crippen MR) is 205 cm³/mol. The van der Waals surface area contributed by atoms with Crippen LogP contribution in [0.15, 0.2) is 36.3 Å². The van der Waals surface area contributed by atoms with Crippen LogP contribution < -0.4 is 5.73 Å². The molecule has 3 heterocycles. The molecule has 7 rings (SSSR count). The number of pyridine rings is 1. The van der Waals surface area contributed by atoms with E-state index in [1.54, 1.807) is 18.6 Å². The molecule has 2 bridgehead atoms. The zero-order chi connectivity index (χ0) is 38.5. The first-order valence-electron chi connectivity index (χ1n) is 20.2. The van der Waals surface area contributed by atoms with E-state index in [4.69, 9.17) is 25.3 Å². The Hall–Kier alpha value is -2.82. The Kier molecular flexibility index (Phi) is 9.34. The van der Waals surface area contributed by atoms with Crippen LogP contribution >= 0.6 is 0 Å². The number of rotatable bonds is 9. The predicted octanol–water partition coefficient (Wildman–Crippen LogP) is 7.93. The smallest absolute Gasteiger partial charge is 0.307 e. The fourth-order valence-electron chi connectivity index (χ4n) is 12.8. The summed E-state index contributed by atoms with van der Waals surface area (Å²) >= 11 is 0. The molecular weight excluding hydrogens is 667 g/mol. The van der Waals surface area contributed by atoms with E-state index in [1.807, 2.05) is 10.7 Å². The largest absolute Gasteiger partial charge is 0.493 e. The van der Waals surface area contributed by atoms with E-state index in [9.17, 15) is 15.0 Å². The quantitative estimate of drug-likeness (QED) is 0.219. The number of hydrogen-bond acceptors (Lipinski definition) is 8. The van der Waals surface area contributed by atoms with Crippen molar-refractivity contribution >= 4 is 5.97 Å². The third-order valence-corrected chi connectivity index (χ3v) is 16.9. The number of hydrogen-bond donors (Lipinski definition) is 3. The van der Waals surface area contributed by atoms with E-state index in [2.05, 4.69) is 80.3 Å². The van der Waals surface area contributed by atoms with Crippen LogP contribution in [0, 0.1) is 62.6 Å². The van der Waals surface area contributed by atoms with E-state index >= 15 is 0 Å². The van der Waals surface area contributed by atoms with Crippen LogP contribution in [0.25, 0.3) is 11.4 Å². The van der Waals surface area contributed by atoms with E-state index in [1.165, 1.54) is 5.57 Å². The first-order valence-corrected chi connectivity index (χ1v) is 20.2. The summed E-state index contributed by atoms with van der Waals surface area (Å²) in [5, 5.41) is 26.4. The molecule has 53 heavy (non-hydrogen) atoms. The summed E-state index contributed by atoms with van der Waals surface area (Å²) in [6.45, 7) is 24.1. The highest BCUT2D eigenvalue weighted by atomic mass is 16.5. The van der Waals surface area contributed by atoms with Crippen LogP contribution in [0.1, 0.15) is 114 Å². The third kappa shape index (κ3) is 5.49. The summed E-state index contributed by atoms with van der Waals surface area (Å²) in [6, 6.07) is 3.31. The van der Waals surface area contributed by atoms with Gasteiger partial charge in [0.05, 0.1) is 37.9 Å². The van der Waals surface area contributed by atoms with Gasteiger partial charge < -0.3 is 25.4 Å². The molecule has 4 N–H and O–H groups in total. The number of aliphatic carboxylic acids is 1. The molecule has 10 nitrogen and oxygen atoms in total. The molecule has 0 spiro atoms. The average molecular weight is 732 g/mol. The highest BCUT2D eigenvalue weighted by Crippen LogP contribution is 2.75. The third-order valence-electron chi connectivity index (χ3n) is 16.9. The molecule has 12 atom stereocenters. The summed E-state index contributed by atoms with van der Waals surface area (Å²) in [7, 11) is 0. The van der Waals surface area contributed by atoms with Gasteiger partial charge in [-0.05, 0) is 97.3 Å². The summed E-state index contributed by atoms with van der Waals surface area (Å²) in [5.74, 6) is 0.993. The lowest BCUT2D eigenvalue weighted by molar-refractivity contribution is -0.252. The summed E-state index contributed by atoms with van der Waals surface area (Å²) in [6.07, 6.45) is 10.9. The van der Waals surface area contributed by atoms with Crippen molar-refractivity contribution in [2.24, 2.45) is 68.3 Å². The topological polar surface area (TPSA) is 146 Å². The number of nitrogens with two attached hydrogens (primary N) is 1. The number of allylic oxidation sites excluding steroid dienone is 1. The zero-order valence-electron chi connectivity index (χ0n) is 33.9. The second-order valence-corrected chi connectivity index (χ2v) is 19.9. The lowest BCUT2D eigenvalue weighted by Gasteiger charge is -2.71. The van der Waals surface area contributed by atoms with Crippen LogP contribution in [0.5, 0.6) is 5.88 Å². The van der Waals surface area contributed by atoms with Crippen LogP contribution in [-0.2, 0) is 14.3 Å². The van der Waals surface area contributed by atoms with Crippen LogP contribution in [0.3, 0.4) is 0 Å². The molecule has 10 heteroatoms. The van der Waals surface area contributed by atoms with Gasteiger partial charge in [0.2, 0.25) is 5.88 Å². The number of carboxylic acids is 1. The van der Waals surface area contributed by atoms with Crippen molar-refractivity contribution in [3.8, 4) is 17.3 Å². The van der Waals surface area contributed by atoms with Crippen molar-refractivity contribution in [1.82, 2.24) is 19.7 Å². The van der Waals surface area contributed by atoms with Crippen molar-refractivity contribution in [3.05, 3.63) is 36.3 Å². The van der Waals surface area contributed by atoms with E-state index in [0.717, 1.165) is 44.1 Å². The van der Waals surface area contributed by atoms with Crippen molar-refractivity contribution < 1.29 is 24.5 Å². The van der Waals surface area contributed by atoms with Gasteiger partial charge in [-0.25, -0.2) is 14.6 Å². The molecule has 1 aliphatic heterocycles. The van der Waals surface area contributed by atoms with E-state index in [0.29, 0.717) is 43.4 Å². The standard InChI is InChI=1S/C43H65N5O5/c1-25(2)27(5)38(6)16-17-40(8)29-11-12-32-39(7)21-52-23-43(32,30(29)13-15-41(40,9)34(38)37(50)51)20-31(35(39)53-22-42(10,44)26(3)4)48-36(46-24-47-48)28-14-18-45-33(49)19-28/h13-14,18-19,24-27,29,31-32,34-35H,11-12,15-17,20-23,44H2,1-10H3,(H,45,49)(H,50,51)/t27-,29+,31-,32+,34-,35+,38-,39-,40-,41+,42+,43+/m1/s1. The minimum Gasteiger partial charge on any atom is -0.493 e. The molecule has 0 aromatic carbocycles. The van der Waals surface area contributed by atoms with Crippen molar-refractivity contribution in [2.45, 2.75) is 125 Å². The lowest BCUT2D eigenvalue weighted by atomic mass is 9.34. The van der Waals surface area contributed by atoms with Crippen molar-refractivity contribution in [2.75, 3.05) is 19.8 Å². The Morgan fingerprint density at radius 1 is 1.09 bits per heavy atom. The van der Waals surface area contributed by atoms with Crippen molar-refractivity contribution in [1.29, 1.82) is 0 Å². The van der Waals surface area contributed by atoms with Gasteiger partial charge in [0.25, 0.3) is 0 Å². The zero-order valence-corrected chi connectivity index (χ0v) is 33.9. The summed E-state index contributed by atoms with van der Waals surface area (Å²) < 4.78 is 15.9. The number of carbonyl (C=O) groups is 1. The Bertz CT molecular complexity index is 1760. The normalized spacial score (nSPS) is 41.2. The molecule has 0 unspecified atom stereocenters. The number of ether oxygens (including phenoxy) is 2. The Morgan fingerprint density at radius 3 is 2.49 bits per heavy atom. The Balaban J connectivity index is 1.36. The maximum atomic E-state index is 13.6. The summed E-state index contributed by atoms with van der Waals surface area (Å²) in [5.41, 5.74) is 7.06. The van der Waals surface area contributed by atoms with E-state index in [-0.39, 0.29) is 51.5 Å². The first kappa shape index (κ1) is 38.5. The number of fused-ring (bicyclic) bond motifs is 3. The van der Waals surface area contributed by atoms with Crippen molar-refractivity contribution in [3.63, 3.8) is 0 Å². The number of aromatic hydroxyl groups is 1. The second-order valence-electron chi connectivity index (χ2n) is 19.9. The van der Waals surface area contributed by atoms with Gasteiger partial charge in [-0.15, -0.1) is 0 Å². The fraction of sp³-hybridized carbons (Fsp3) is 0.767.